The average Bonchev–Trinajstić information content (AvgIpc) is 2.54. The number of piperidine rings is 1. The van der Waals surface area contributed by atoms with Gasteiger partial charge in [0.1, 0.15) is 0 Å². The smallest absolute Gasteiger partial charge is 0.226 e. The van der Waals surface area contributed by atoms with Gasteiger partial charge in [0.2, 0.25) is 5.91 Å². The zero-order chi connectivity index (χ0) is 15.9. The first-order valence-corrected chi connectivity index (χ1v) is 9.11. The van der Waals surface area contributed by atoms with Crippen LogP contribution < -0.4 is 5.32 Å². The lowest BCUT2D eigenvalue weighted by Gasteiger charge is -2.34. The lowest BCUT2D eigenvalue weighted by Crippen LogP contribution is -2.43. The quantitative estimate of drug-likeness (QED) is 0.835. The molecule has 0 bridgehead atoms. The molecule has 0 aliphatic carbocycles. The highest BCUT2D eigenvalue weighted by molar-refractivity contribution is 9.10. The predicted molar refractivity (Wildman–Crippen MR) is 94.9 cm³/mol. The number of hydrogen-bond acceptors (Lipinski definition) is 2. The van der Waals surface area contributed by atoms with Gasteiger partial charge in [-0.3, -0.25) is 4.79 Å². The molecule has 1 atom stereocenters. The minimum Gasteiger partial charge on any atom is -0.342 e. The summed E-state index contributed by atoms with van der Waals surface area (Å²) in [5.74, 6) is 1.15. The Morgan fingerprint density at radius 2 is 2.05 bits per heavy atom. The highest BCUT2D eigenvalue weighted by atomic mass is 79.9. The van der Waals surface area contributed by atoms with Crippen molar-refractivity contribution in [3.63, 3.8) is 0 Å². The van der Waals surface area contributed by atoms with Crippen molar-refractivity contribution in [2.45, 2.75) is 32.6 Å². The Morgan fingerprint density at radius 3 is 2.64 bits per heavy atom. The number of carbonyl (C=O) groups is 1. The Morgan fingerprint density at radius 1 is 1.36 bits per heavy atom. The van der Waals surface area contributed by atoms with Crippen molar-refractivity contribution in [2.24, 2.45) is 11.8 Å². The highest BCUT2D eigenvalue weighted by Gasteiger charge is 2.27. The molecule has 122 valence electrons. The monoisotopic (exact) mass is 366 g/mol. The number of amides is 1. The number of nitrogens with one attached hydrogen (secondary N) is 1. The van der Waals surface area contributed by atoms with E-state index >= 15 is 0 Å². The summed E-state index contributed by atoms with van der Waals surface area (Å²) in [5.41, 5.74) is 1.23. The Labute approximate surface area is 142 Å². The van der Waals surface area contributed by atoms with Crippen molar-refractivity contribution < 1.29 is 4.79 Å². The van der Waals surface area contributed by atoms with Gasteiger partial charge in [-0.2, -0.15) is 0 Å². The number of halogens is 1. The van der Waals surface area contributed by atoms with Gasteiger partial charge in [0.15, 0.2) is 0 Å². The number of carbonyl (C=O) groups excluding carboxylic acids is 1. The van der Waals surface area contributed by atoms with Gasteiger partial charge in [0.05, 0.1) is 0 Å². The molecule has 1 heterocycles. The van der Waals surface area contributed by atoms with E-state index in [1.165, 1.54) is 5.56 Å². The number of likely N-dealkylation sites (tertiary alicyclic amines) is 1. The van der Waals surface area contributed by atoms with Crippen molar-refractivity contribution >= 4 is 21.8 Å². The first kappa shape index (κ1) is 17.5. The van der Waals surface area contributed by atoms with Crippen LogP contribution in [0, 0.1) is 11.8 Å². The molecule has 2 rings (SSSR count). The van der Waals surface area contributed by atoms with Crippen LogP contribution in [0.15, 0.2) is 28.7 Å². The van der Waals surface area contributed by atoms with Crippen LogP contribution in [0.2, 0.25) is 0 Å². The molecular weight excluding hydrogens is 340 g/mol. The van der Waals surface area contributed by atoms with Crippen LogP contribution in [0.1, 0.15) is 31.7 Å². The summed E-state index contributed by atoms with van der Waals surface area (Å²) in [6, 6.07) is 8.22. The Hall–Kier alpha value is -0.870. The molecule has 4 heteroatoms. The van der Waals surface area contributed by atoms with Crippen LogP contribution in [-0.4, -0.2) is 37.5 Å². The zero-order valence-corrected chi connectivity index (χ0v) is 15.2. The van der Waals surface area contributed by atoms with Gasteiger partial charge < -0.3 is 10.2 Å². The third-order valence-corrected chi connectivity index (χ3v) is 5.46. The molecule has 1 saturated heterocycles. The molecule has 1 aliphatic rings. The van der Waals surface area contributed by atoms with Crippen LogP contribution in [-0.2, 0) is 11.2 Å². The molecule has 0 saturated carbocycles. The van der Waals surface area contributed by atoms with Gasteiger partial charge in [0.25, 0.3) is 0 Å². The summed E-state index contributed by atoms with van der Waals surface area (Å²) in [5, 5.41) is 3.25. The summed E-state index contributed by atoms with van der Waals surface area (Å²) in [7, 11) is 2.00. The molecule has 1 fully saturated rings. The topological polar surface area (TPSA) is 32.3 Å². The second kappa shape index (κ2) is 8.68. The van der Waals surface area contributed by atoms with Gasteiger partial charge in [-0.05, 0) is 56.8 Å². The lowest BCUT2D eigenvalue weighted by molar-refractivity contribution is -0.137. The molecule has 3 nitrogen and oxygen atoms in total. The molecule has 0 aromatic heterocycles. The van der Waals surface area contributed by atoms with Crippen LogP contribution in [0.3, 0.4) is 0 Å². The summed E-state index contributed by atoms with van der Waals surface area (Å²) in [6.07, 6.45) is 3.97. The molecular formula is C18H27BrN2O. The lowest BCUT2D eigenvalue weighted by atomic mass is 9.92. The Kier molecular flexibility index (Phi) is 6.90. The summed E-state index contributed by atoms with van der Waals surface area (Å²) in [4.78, 5) is 14.9. The molecule has 1 unspecified atom stereocenters. The van der Waals surface area contributed by atoms with Crippen molar-refractivity contribution in [2.75, 3.05) is 26.7 Å². The number of nitrogens with zero attached hydrogens (tertiary/aromatic N) is 1. The second-order valence-electron chi connectivity index (χ2n) is 6.23. The van der Waals surface area contributed by atoms with E-state index in [0.717, 1.165) is 55.7 Å². The summed E-state index contributed by atoms with van der Waals surface area (Å²) in [6.45, 7) is 5.01. The third-order valence-electron chi connectivity index (χ3n) is 4.69. The van der Waals surface area contributed by atoms with E-state index in [1.807, 2.05) is 19.2 Å². The van der Waals surface area contributed by atoms with Crippen molar-refractivity contribution in [1.29, 1.82) is 0 Å². The molecule has 1 amide bonds. The number of benzene rings is 1. The van der Waals surface area contributed by atoms with Gasteiger partial charge >= 0.3 is 0 Å². The average molecular weight is 367 g/mol. The zero-order valence-electron chi connectivity index (χ0n) is 13.6. The first-order chi connectivity index (χ1) is 10.7. The van der Waals surface area contributed by atoms with E-state index in [1.54, 1.807) is 0 Å². The fourth-order valence-electron chi connectivity index (χ4n) is 3.24. The molecule has 1 aromatic carbocycles. The molecule has 1 aromatic rings. The van der Waals surface area contributed by atoms with Crippen molar-refractivity contribution in [3.05, 3.63) is 34.3 Å². The van der Waals surface area contributed by atoms with Crippen LogP contribution in [0.5, 0.6) is 0 Å². The number of rotatable bonds is 6. The maximum Gasteiger partial charge on any atom is 0.226 e. The summed E-state index contributed by atoms with van der Waals surface area (Å²) >= 11 is 3.59. The number of hydrogen-bond donors (Lipinski definition) is 1. The van der Waals surface area contributed by atoms with Gasteiger partial charge in [0, 0.05) is 23.5 Å². The molecule has 0 spiro atoms. The maximum absolute atomic E-state index is 12.8. The van der Waals surface area contributed by atoms with E-state index in [-0.39, 0.29) is 5.92 Å². The molecule has 1 N–H and O–H groups in total. The SMILES string of the molecule is CCC(Cc1ccccc1Br)C(=O)N1CCC(CNC)CC1. The van der Waals surface area contributed by atoms with Crippen LogP contribution in [0.25, 0.3) is 0 Å². The molecule has 0 radical (unpaired) electrons. The summed E-state index contributed by atoms with van der Waals surface area (Å²) < 4.78 is 1.11. The maximum atomic E-state index is 12.8. The largest absolute Gasteiger partial charge is 0.342 e. The minimum absolute atomic E-state index is 0.0968. The normalized spacial score (nSPS) is 17.5. The molecule has 22 heavy (non-hydrogen) atoms. The van der Waals surface area contributed by atoms with E-state index in [4.69, 9.17) is 0 Å². The molecule has 1 aliphatic heterocycles. The fourth-order valence-corrected chi connectivity index (χ4v) is 3.69. The highest BCUT2D eigenvalue weighted by Crippen LogP contribution is 2.24. The Bertz CT molecular complexity index is 484. The van der Waals surface area contributed by atoms with E-state index in [2.05, 4.69) is 45.2 Å². The van der Waals surface area contributed by atoms with Crippen LogP contribution >= 0.6 is 15.9 Å². The van der Waals surface area contributed by atoms with Gasteiger partial charge in [-0.15, -0.1) is 0 Å². The minimum atomic E-state index is 0.0968. The van der Waals surface area contributed by atoms with Gasteiger partial charge in [-0.1, -0.05) is 41.1 Å². The standard InChI is InChI=1S/C18H27BrN2O/c1-3-15(12-16-6-4-5-7-17(16)19)18(22)21-10-8-14(9-11-21)13-20-2/h4-7,14-15,20H,3,8-13H2,1-2H3. The van der Waals surface area contributed by atoms with Crippen molar-refractivity contribution in [3.8, 4) is 0 Å². The Balaban J connectivity index is 1.94. The van der Waals surface area contributed by atoms with E-state index in [0.29, 0.717) is 5.91 Å². The fraction of sp³-hybridized carbons (Fsp3) is 0.611. The predicted octanol–water partition coefficient (Wildman–Crippen LogP) is 3.48. The first-order valence-electron chi connectivity index (χ1n) is 8.32. The van der Waals surface area contributed by atoms with Gasteiger partial charge in [-0.25, -0.2) is 0 Å². The van der Waals surface area contributed by atoms with Crippen molar-refractivity contribution in [1.82, 2.24) is 10.2 Å². The second-order valence-corrected chi connectivity index (χ2v) is 7.08. The van der Waals surface area contributed by atoms with E-state index in [9.17, 15) is 4.79 Å². The van der Waals surface area contributed by atoms with Crippen LogP contribution in [0.4, 0.5) is 0 Å². The van der Waals surface area contributed by atoms with E-state index < -0.39 is 0 Å². The third kappa shape index (κ3) is 4.56.